The van der Waals surface area contributed by atoms with Gasteiger partial charge in [-0.2, -0.15) is 0 Å². The third-order valence-electron chi connectivity index (χ3n) is 3.78. The zero-order valence-electron chi connectivity index (χ0n) is 13.9. The van der Waals surface area contributed by atoms with Gasteiger partial charge in [-0.05, 0) is 42.7 Å². The molecule has 0 fully saturated rings. The van der Waals surface area contributed by atoms with Crippen molar-refractivity contribution in [2.24, 2.45) is 0 Å². The van der Waals surface area contributed by atoms with Crippen LogP contribution < -0.4 is 0 Å². The van der Waals surface area contributed by atoms with Crippen LogP contribution in [0.1, 0.15) is 12.0 Å². The van der Waals surface area contributed by atoms with Gasteiger partial charge in [-0.1, -0.05) is 78.5 Å². The molecule has 0 heterocycles. The Morgan fingerprint density at radius 3 is 1.84 bits per heavy atom. The number of rotatable bonds is 7. The fraction of sp³-hybridized carbons (Fsp3) is 0.136. The van der Waals surface area contributed by atoms with Gasteiger partial charge in [0.05, 0.1) is 5.25 Å². The fourth-order valence-corrected chi connectivity index (χ4v) is 4.54. The van der Waals surface area contributed by atoms with Crippen LogP contribution in [0.5, 0.6) is 0 Å². The van der Waals surface area contributed by atoms with Crippen LogP contribution in [-0.2, 0) is 11.2 Å². The second-order valence-corrected chi connectivity index (χ2v) is 8.03. The van der Waals surface area contributed by atoms with E-state index in [1.807, 2.05) is 54.6 Å². The standard InChI is InChI=1S/C22H20OS2/c23-22(25-20-14-8-3-9-15-20)21(24-19-12-6-2-7-13-19)17-16-18-10-4-1-5-11-18/h1-15,21H,16-17H2. The van der Waals surface area contributed by atoms with E-state index in [1.165, 1.54) is 17.3 Å². The van der Waals surface area contributed by atoms with Crippen molar-refractivity contribution in [1.29, 1.82) is 0 Å². The largest absolute Gasteiger partial charge is 0.286 e. The number of benzene rings is 3. The van der Waals surface area contributed by atoms with Gasteiger partial charge in [0.15, 0.2) is 0 Å². The van der Waals surface area contributed by atoms with Crippen molar-refractivity contribution >= 4 is 28.6 Å². The molecule has 0 aromatic heterocycles. The molecule has 0 amide bonds. The van der Waals surface area contributed by atoms with Gasteiger partial charge in [0, 0.05) is 9.79 Å². The van der Waals surface area contributed by atoms with Crippen molar-refractivity contribution in [1.82, 2.24) is 0 Å². The lowest BCUT2D eigenvalue weighted by Gasteiger charge is -2.15. The molecule has 0 N–H and O–H groups in total. The summed E-state index contributed by atoms with van der Waals surface area (Å²) in [5.41, 5.74) is 1.28. The maximum Gasteiger partial charge on any atom is 0.207 e. The molecular weight excluding hydrogens is 344 g/mol. The summed E-state index contributed by atoms with van der Waals surface area (Å²) in [6, 6.07) is 30.5. The number of carbonyl (C=O) groups is 1. The van der Waals surface area contributed by atoms with Crippen LogP contribution in [0.15, 0.2) is 101 Å². The molecular formula is C22H20OS2. The van der Waals surface area contributed by atoms with Gasteiger partial charge in [0.25, 0.3) is 0 Å². The van der Waals surface area contributed by atoms with E-state index in [0.29, 0.717) is 0 Å². The van der Waals surface area contributed by atoms with Crippen molar-refractivity contribution in [2.45, 2.75) is 27.9 Å². The lowest BCUT2D eigenvalue weighted by atomic mass is 10.1. The minimum Gasteiger partial charge on any atom is -0.286 e. The van der Waals surface area contributed by atoms with Crippen LogP contribution in [0.25, 0.3) is 0 Å². The Morgan fingerprint density at radius 1 is 0.720 bits per heavy atom. The normalized spacial score (nSPS) is 11.8. The number of hydrogen-bond acceptors (Lipinski definition) is 3. The highest BCUT2D eigenvalue weighted by molar-refractivity contribution is 8.16. The van der Waals surface area contributed by atoms with E-state index in [9.17, 15) is 4.79 Å². The molecule has 3 heteroatoms. The van der Waals surface area contributed by atoms with E-state index in [-0.39, 0.29) is 10.4 Å². The molecule has 0 aliphatic rings. The number of thioether (sulfide) groups is 2. The van der Waals surface area contributed by atoms with E-state index in [0.717, 1.165) is 22.6 Å². The maximum absolute atomic E-state index is 12.9. The molecule has 0 aliphatic carbocycles. The summed E-state index contributed by atoms with van der Waals surface area (Å²) in [7, 11) is 0. The molecule has 0 spiro atoms. The number of hydrogen-bond donors (Lipinski definition) is 0. The van der Waals surface area contributed by atoms with E-state index < -0.39 is 0 Å². The zero-order valence-corrected chi connectivity index (χ0v) is 15.5. The van der Waals surface area contributed by atoms with Gasteiger partial charge in [-0.15, -0.1) is 11.8 Å². The van der Waals surface area contributed by atoms with Gasteiger partial charge in [-0.25, -0.2) is 0 Å². The van der Waals surface area contributed by atoms with Crippen molar-refractivity contribution < 1.29 is 4.79 Å². The Hall–Kier alpha value is -1.97. The fourth-order valence-electron chi connectivity index (χ4n) is 2.50. The summed E-state index contributed by atoms with van der Waals surface area (Å²) in [5.74, 6) is 0. The van der Waals surface area contributed by atoms with Crippen LogP contribution in [0.2, 0.25) is 0 Å². The molecule has 0 saturated carbocycles. The second-order valence-electron chi connectivity index (χ2n) is 5.68. The molecule has 0 bridgehead atoms. The predicted molar refractivity (Wildman–Crippen MR) is 108 cm³/mol. The Bertz CT molecular complexity index is 773. The minimum absolute atomic E-state index is 0.0622. The van der Waals surface area contributed by atoms with E-state index >= 15 is 0 Å². The van der Waals surface area contributed by atoms with Crippen molar-refractivity contribution in [2.75, 3.05) is 0 Å². The van der Waals surface area contributed by atoms with Gasteiger partial charge in [-0.3, -0.25) is 4.79 Å². The molecule has 3 rings (SSSR count). The highest BCUT2D eigenvalue weighted by Crippen LogP contribution is 2.32. The minimum atomic E-state index is -0.0622. The van der Waals surface area contributed by atoms with E-state index in [2.05, 4.69) is 36.4 Å². The van der Waals surface area contributed by atoms with Crippen molar-refractivity contribution in [3.63, 3.8) is 0 Å². The SMILES string of the molecule is O=C(Sc1ccccc1)C(CCc1ccccc1)Sc1ccccc1. The monoisotopic (exact) mass is 364 g/mol. The van der Waals surface area contributed by atoms with Crippen LogP contribution in [0, 0.1) is 0 Å². The zero-order chi connectivity index (χ0) is 17.3. The van der Waals surface area contributed by atoms with Crippen LogP contribution >= 0.6 is 23.5 Å². The van der Waals surface area contributed by atoms with Gasteiger partial charge in [0.2, 0.25) is 5.12 Å². The first-order valence-corrected chi connectivity index (χ1v) is 10.0. The summed E-state index contributed by atoms with van der Waals surface area (Å²) in [5, 5.41) is 0.156. The molecule has 126 valence electrons. The van der Waals surface area contributed by atoms with Crippen LogP contribution in [-0.4, -0.2) is 10.4 Å². The first-order chi connectivity index (χ1) is 12.3. The lowest BCUT2D eigenvalue weighted by Crippen LogP contribution is -2.15. The first-order valence-electron chi connectivity index (χ1n) is 8.33. The van der Waals surface area contributed by atoms with Gasteiger partial charge >= 0.3 is 0 Å². The summed E-state index contributed by atoms with van der Waals surface area (Å²) < 4.78 is 0. The average Bonchev–Trinajstić information content (AvgIpc) is 2.67. The molecule has 25 heavy (non-hydrogen) atoms. The summed E-state index contributed by atoms with van der Waals surface area (Å²) in [6.45, 7) is 0. The quantitative estimate of drug-likeness (QED) is 0.472. The highest BCUT2D eigenvalue weighted by Gasteiger charge is 2.21. The summed E-state index contributed by atoms with van der Waals surface area (Å²) in [4.78, 5) is 15.0. The summed E-state index contributed by atoms with van der Waals surface area (Å²) >= 11 is 3.01. The van der Waals surface area contributed by atoms with Gasteiger partial charge in [0.1, 0.15) is 0 Å². The molecule has 3 aromatic carbocycles. The third kappa shape index (κ3) is 5.80. The Morgan fingerprint density at radius 2 is 1.24 bits per heavy atom. The summed E-state index contributed by atoms with van der Waals surface area (Å²) in [6.07, 6.45) is 1.74. The Kier molecular flexibility index (Phi) is 6.78. The topological polar surface area (TPSA) is 17.1 Å². The molecule has 0 saturated heterocycles. The molecule has 0 radical (unpaired) electrons. The molecule has 1 nitrogen and oxygen atoms in total. The highest BCUT2D eigenvalue weighted by atomic mass is 32.2. The van der Waals surface area contributed by atoms with Crippen LogP contribution in [0.3, 0.4) is 0 Å². The average molecular weight is 365 g/mol. The van der Waals surface area contributed by atoms with Crippen molar-refractivity contribution in [3.05, 3.63) is 96.6 Å². The third-order valence-corrected chi connectivity index (χ3v) is 6.21. The lowest BCUT2D eigenvalue weighted by molar-refractivity contribution is -0.110. The Labute approximate surface area is 157 Å². The van der Waals surface area contributed by atoms with Crippen molar-refractivity contribution in [3.8, 4) is 0 Å². The Balaban J connectivity index is 1.70. The smallest absolute Gasteiger partial charge is 0.207 e. The number of aryl methyl sites for hydroxylation is 1. The predicted octanol–water partition coefficient (Wildman–Crippen LogP) is 6.10. The molecule has 3 aromatic rings. The van der Waals surface area contributed by atoms with Crippen LogP contribution in [0.4, 0.5) is 0 Å². The van der Waals surface area contributed by atoms with E-state index in [1.54, 1.807) is 11.8 Å². The molecule has 1 atom stereocenters. The molecule has 0 aliphatic heterocycles. The maximum atomic E-state index is 12.9. The van der Waals surface area contributed by atoms with E-state index in [4.69, 9.17) is 0 Å². The van der Waals surface area contributed by atoms with Gasteiger partial charge < -0.3 is 0 Å². The second kappa shape index (κ2) is 9.50. The first kappa shape index (κ1) is 17.8. The molecule has 1 unspecified atom stereocenters. The number of carbonyl (C=O) groups excluding carboxylic acids is 1.